The molecule has 2 aromatic heterocycles. The topological polar surface area (TPSA) is 107 Å². The number of benzene rings is 1. The molecule has 3 aromatic rings. The highest BCUT2D eigenvalue weighted by atomic mass is 16.3. The summed E-state index contributed by atoms with van der Waals surface area (Å²) in [5.74, 6) is 0.117. The average molecular weight is 376 g/mol. The zero-order valence-corrected chi connectivity index (χ0v) is 15.6. The predicted molar refractivity (Wildman–Crippen MR) is 104 cm³/mol. The van der Waals surface area contributed by atoms with Crippen molar-refractivity contribution in [2.45, 2.75) is 0 Å². The van der Waals surface area contributed by atoms with Gasteiger partial charge in [-0.05, 0) is 43.9 Å². The van der Waals surface area contributed by atoms with Gasteiger partial charge in [0.1, 0.15) is 0 Å². The Morgan fingerprint density at radius 3 is 2.57 bits per heavy atom. The third kappa shape index (κ3) is 4.16. The van der Waals surface area contributed by atoms with Crippen LogP contribution in [0.25, 0.3) is 16.9 Å². The molecule has 0 fully saturated rings. The minimum Gasteiger partial charge on any atom is -0.493 e. The monoisotopic (exact) mass is 376 g/mol. The van der Waals surface area contributed by atoms with Crippen molar-refractivity contribution in [2.24, 2.45) is 0 Å². The number of aromatic hydroxyl groups is 1. The van der Waals surface area contributed by atoms with Crippen LogP contribution in [0.15, 0.2) is 48.8 Å². The van der Waals surface area contributed by atoms with E-state index < -0.39 is 0 Å². The first kappa shape index (κ1) is 19.1. The molecule has 0 aliphatic rings. The number of likely N-dealkylation sites (N-methyl/N-ethyl adjacent to an activating group) is 1. The highest BCUT2D eigenvalue weighted by Crippen LogP contribution is 2.30. The van der Waals surface area contributed by atoms with E-state index in [1.165, 1.54) is 17.1 Å². The number of rotatable bonds is 6. The molecule has 8 heteroatoms. The number of hydrogen-bond donors (Lipinski definition) is 2. The van der Waals surface area contributed by atoms with E-state index in [2.05, 4.69) is 21.5 Å². The largest absolute Gasteiger partial charge is 0.493 e. The van der Waals surface area contributed by atoms with Gasteiger partial charge in [0.25, 0.3) is 5.91 Å². The predicted octanol–water partition coefficient (Wildman–Crippen LogP) is 1.80. The smallest absolute Gasteiger partial charge is 0.252 e. The SMILES string of the molecule is CN(C)CCNC(=O)c1ccc(-n2ncc(-c3ccc(C#N)cc3)c2O)nc1. The number of carbonyl (C=O) groups excluding carboxylic acids is 1. The van der Waals surface area contributed by atoms with Gasteiger partial charge in [0.05, 0.1) is 29.0 Å². The van der Waals surface area contributed by atoms with E-state index in [9.17, 15) is 9.90 Å². The van der Waals surface area contributed by atoms with Crippen molar-refractivity contribution in [1.82, 2.24) is 25.0 Å². The fourth-order valence-corrected chi connectivity index (χ4v) is 2.58. The van der Waals surface area contributed by atoms with Crippen LogP contribution < -0.4 is 5.32 Å². The quantitative estimate of drug-likeness (QED) is 0.679. The second kappa shape index (κ2) is 8.33. The Morgan fingerprint density at radius 1 is 1.21 bits per heavy atom. The summed E-state index contributed by atoms with van der Waals surface area (Å²) in [5, 5.41) is 26.4. The molecule has 142 valence electrons. The summed E-state index contributed by atoms with van der Waals surface area (Å²) >= 11 is 0. The lowest BCUT2D eigenvalue weighted by Gasteiger charge is -2.10. The number of hydrogen-bond acceptors (Lipinski definition) is 6. The van der Waals surface area contributed by atoms with Crippen molar-refractivity contribution in [1.29, 1.82) is 5.26 Å². The Labute approximate surface area is 162 Å². The molecule has 8 nitrogen and oxygen atoms in total. The highest BCUT2D eigenvalue weighted by Gasteiger charge is 2.14. The molecule has 1 amide bonds. The molecule has 0 aliphatic heterocycles. The van der Waals surface area contributed by atoms with E-state index >= 15 is 0 Å². The van der Waals surface area contributed by atoms with Gasteiger partial charge in [-0.15, -0.1) is 0 Å². The molecule has 28 heavy (non-hydrogen) atoms. The van der Waals surface area contributed by atoms with Crippen molar-refractivity contribution in [3.05, 3.63) is 59.9 Å². The second-order valence-corrected chi connectivity index (χ2v) is 6.45. The van der Waals surface area contributed by atoms with Crippen LogP contribution >= 0.6 is 0 Å². The Hall–Kier alpha value is -3.70. The molecule has 2 N–H and O–H groups in total. The Balaban J connectivity index is 1.76. The zero-order valence-electron chi connectivity index (χ0n) is 15.6. The first-order valence-electron chi connectivity index (χ1n) is 8.66. The van der Waals surface area contributed by atoms with Gasteiger partial charge in [0, 0.05) is 19.3 Å². The summed E-state index contributed by atoms with van der Waals surface area (Å²) < 4.78 is 1.29. The highest BCUT2D eigenvalue weighted by molar-refractivity contribution is 5.93. The lowest BCUT2D eigenvalue weighted by molar-refractivity contribution is 0.0950. The summed E-state index contributed by atoms with van der Waals surface area (Å²) in [6, 6.07) is 12.1. The molecule has 3 rings (SSSR count). The number of carbonyl (C=O) groups is 1. The molecule has 0 radical (unpaired) electrons. The van der Waals surface area contributed by atoms with Crippen molar-refractivity contribution < 1.29 is 9.90 Å². The van der Waals surface area contributed by atoms with Crippen molar-refractivity contribution in [3.63, 3.8) is 0 Å². The first-order chi connectivity index (χ1) is 13.5. The number of nitrogens with zero attached hydrogens (tertiary/aromatic N) is 5. The molecule has 0 atom stereocenters. The number of nitriles is 1. The summed E-state index contributed by atoms with van der Waals surface area (Å²) in [7, 11) is 3.87. The first-order valence-corrected chi connectivity index (χ1v) is 8.66. The Morgan fingerprint density at radius 2 is 1.96 bits per heavy atom. The number of aromatic nitrogens is 3. The van der Waals surface area contributed by atoms with E-state index in [1.807, 2.05) is 19.0 Å². The Kier molecular flexibility index (Phi) is 5.67. The molecule has 1 aromatic carbocycles. The minimum atomic E-state index is -0.205. The van der Waals surface area contributed by atoms with Gasteiger partial charge >= 0.3 is 0 Å². The van der Waals surface area contributed by atoms with E-state index in [1.54, 1.807) is 36.4 Å². The van der Waals surface area contributed by atoms with Crippen LogP contribution in [-0.2, 0) is 0 Å². The van der Waals surface area contributed by atoms with E-state index in [4.69, 9.17) is 5.26 Å². The standard InChI is InChI=1S/C20H20N6O2/c1-25(2)10-9-22-19(27)16-7-8-18(23-12-16)26-20(28)17(13-24-26)15-5-3-14(11-21)4-6-15/h3-8,12-13,28H,9-10H2,1-2H3,(H,22,27). The molecular formula is C20H20N6O2. The van der Waals surface area contributed by atoms with Crippen LogP contribution in [0, 0.1) is 11.3 Å². The van der Waals surface area contributed by atoms with Crippen LogP contribution in [0.3, 0.4) is 0 Å². The van der Waals surface area contributed by atoms with Crippen LogP contribution in [-0.4, -0.2) is 57.9 Å². The summed E-state index contributed by atoms with van der Waals surface area (Å²) in [4.78, 5) is 18.3. The molecule has 2 heterocycles. The number of nitrogens with one attached hydrogen (secondary N) is 1. The molecular weight excluding hydrogens is 356 g/mol. The van der Waals surface area contributed by atoms with Gasteiger partial charge in [-0.2, -0.15) is 15.0 Å². The molecule has 0 bridgehead atoms. The maximum absolute atomic E-state index is 12.1. The van der Waals surface area contributed by atoms with Crippen LogP contribution in [0.1, 0.15) is 15.9 Å². The second-order valence-electron chi connectivity index (χ2n) is 6.45. The van der Waals surface area contributed by atoms with Crippen LogP contribution in [0.4, 0.5) is 0 Å². The lowest BCUT2D eigenvalue weighted by atomic mass is 10.1. The average Bonchev–Trinajstić information content (AvgIpc) is 3.09. The van der Waals surface area contributed by atoms with Gasteiger partial charge < -0.3 is 15.3 Å². The molecule has 0 spiro atoms. The normalized spacial score (nSPS) is 10.6. The van der Waals surface area contributed by atoms with Crippen LogP contribution in [0.5, 0.6) is 5.88 Å². The minimum absolute atomic E-state index is 0.0691. The lowest BCUT2D eigenvalue weighted by Crippen LogP contribution is -2.31. The number of pyridine rings is 1. The molecule has 0 saturated carbocycles. The third-order valence-electron chi connectivity index (χ3n) is 4.14. The van der Waals surface area contributed by atoms with Gasteiger partial charge in [0.2, 0.25) is 5.88 Å². The van der Waals surface area contributed by atoms with Gasteiger partial charge in [0.15, 0.2) is 5.82 Å². The fraction of sp³-hybridized carbons (Fsp3) is 0.200. The summed E-state index contributed by atoms with van der Waals surface area (Å²) in [5.41, 5.74) is 2.23. The fourth-order valence-electron chi connectivity index (χ4n) is 2.58. The molecule has 0 unspecified atom stereocenters. The maximum Gasteiger partial charge on any atom is 0.252 e. The van der Waals surface area contributed by atoms with Gasteiger partial charge in [-0.25, -0.2) is 4.98 Å². The number of amides is 1. The third-order valence-corrected chi connectivity index (χ3v) is 4.14. The summed E-state index contributed by atoms with van der Waals surface area (Å²) in [6.07, 6.45) is 2.98. The van der Waals surface area contributed by atoms with Gasteiger partial charge in [-0.3, -0.25) is 4.79 Å². The Bertz CT molecular complexity index is 1000. The zero-order chi connectivity index (χ0) is 20.1. The van der Waals surface area contributed by atoms with Gasteiger partial charge in [-0.1, -0.05) is 12.1 Å². The van der Waals surface area contributed by atoms with Crippen molar-refractivity contribution in [2.75, 3.05) is 27.2 Å². The van der Waals surface area contributed by atoms with E-state index in [0.29, 0.717) is 29.1 Å². The van der Waals surface area contributed by atoms with Crippen LogP contribution in [0.2, 0.25) is 0 Å². The van der Waals surface area contributed by atoms with Crippen molar-refractivity contribution in [3.8, 4) is 28.9 Å². The molecule has 0 aliphatic carbocycles. The molecule has 0 saturated heterocycles. The van der Waals surface area contributed by atoms with E-state index in [0.717, 1.165) is 12.1 Å². The van der Waals surface area contributed by atoms with Crippen molar-refractivity contribution >= 4 is 5.91 Å². The maximum atomic E-state index is 12.1. The summed E-state index contributed by atoms with van der Waals surface area (Å²) in [6.45, 7) is 1.29. The van der Waals surface area contributed by atoms with E-state index in [-0.39, 0.29) is 11.8 Å².